The molecule has 3 amide bonds. The summed E-state index contributed by atoms with van der Waals surface area (Å²) in [7, 11) is 0. The van der Waals surface area contributed by atoms with E-state index in [4.69, 9.17) is 0 Å². The van der Waals surface area contributed by atoms with E-state index in [0.717, 1.165) is 44.2 Å². The van der Waals surface area contributed by atoms with Crippen molar-refractivity contribution in [2.24, 2.45) is 5.92 Å². The van der Waals surface area contributed by atoms with E-state index in [1.807, 2.05) is 6.92 Å². The van der Waals surface area contributed by atoms with Gasteiger partial charge < -0.3 is 20.5 Å². The predicted molar refractivity (Wildman–Crippen MR) is 129 cm³/mol. The van der Waals surface area contributed by atoms with Gasteiger partial charge >= 0.3 is 0 Å². The normalized spacial score (nSPS) is 19.4. The molecule has 8 nitrogen and oxygen atoms in total. The molecule has 2 heterocycles. The first kappa shape index (κ1) is 25.8. The standard InChI is InChI=1S/C26H33F2N5O3/c1-15-5-3-4-10-33(15)24(35)13-21(31-23(34)11-17-6-7-17)26(36)30-16(2)25-29-14-22(32-25)19-9-8-18(27)12-20(19)28/h8-9,12,14-17,21H,3-7,10-11,13H2,1-2H3,(H,29,32)(H,30,36)(H,31,34)/t15?,16-,21?/m0/s1. The van der Waals surface area contributed by atoms with Gasteiger partial charge in [0, 0.05) is 30.6 Å². The minimum atomic E-state index is -1.01. The smallest absolute Gasteiger partial charge is 0.243 e. The number of amides is 3. The maximum Gasteiger partial charge on any atom is 0.243 e. The zero-order chi connectivity index (χ0) is 25.8. The number of H-pyrrole nitrogens is 1. The van der Waals surface area contributed by atoms with Crippen LogP contribution >= 0.6 is 0 Å². The summed E-state index contributed by atoms with van der Waals surface area (Å²) in [6, 6.07) is 1.73. The second kappa shape index (κ2) is 11.2. The molecule has 36 heavy (non-hydrogen) atoms. The SMILES string of the molecule is CC1CCCCN1C(=O)CC(NC(=O)CC1CC1)C(=O)N[C@@H](C)c1ncc(-c2ccc(F)cc2F)[nH]1. The van der Waals surface area contributed by atoms with Gasteiger partial charge in [0.1, 0.15) is 23.5 Å². The largest absolute Gasteiger partial charge is 0.345 e. The zero-order valence-corrected chi connectivity index (χ0v) is 20.7. The molecule has 1 saturated heterocycles. The fraction of sp³-hybridized carbons (Fsp3) is 0.538. The van der Waals surface area contributed by atoms with Crippen molar-refractivity contribution in [2.75, 3.05) is 6.54 Å². The predicted octanol–water partition coefficient (Wildman–Crippen LogP) is 3.61. The van der Waals surface area contributed by atoms with Crippen LogP contribution in [0.2, 0.25) is 0 Å². The lowest BCUT2D eigenvalue weighted by Crippen LogP contribution is -2.51. The number of piperidine rings is 1. The molecular formula is C26H33F2N5O3. The molecule has 1 aromatic heterocycles. The first-order chi connectivity index (χ1) is 17.2. The van der Waals surface area contributed by atoms with Crippen LogP contribution in [0.25, 0.3) is 11.3 Å². The molecule has 2 unspecified atom stereocenters. The summed E-state index contributed by atoms with van der Waals surface area (Å²) in [6.07, 6.45) is 6.54. The minimum absolute atomic E-state index is 0.101. The lowest BCUT2D eigenvalue weighted by Gasteiger charge is -2.34. The van der Waals surface area contributed by atoms with Crippen molar-refractivity contribution in [1.29, 1.82) is 0 Å². The Morgan fingerprint density at radius 1 is 1.17 bits per heavy atom. The Balaban J connectivity index is 1.43. The number of aromatic nitrogens is 2. The van der Waals surface area contributed by atoms with Crippen LogP contribution in [-0.2, 0) is 14.4 Å². The molecule has 3 atom stereocenters. The van der Waals surface area contributed by atoms with Gasteiger partial charge in [-0.25, -0.2) is 13.8 Å². The number of imidazole rings is 1. The number of hydrogen-bond acceptors (Lipinski definition) is 4. The van der Waals surface area contributed by atoms with Gasteiger partial charge in [-0.15, -0.1) is 0 Å². The van der Waals surface area contributed by atoms with Gasteiger partial charge in [-0.3, -0.25) is 14.4 Å². The Labute approximate surface area is 209 Å². The van der Waals surface area contributed by atoms with E-state index in [0.29, 0.717) is 30.4 Å². The Hall–Kier alpha value is -3.30. The Morgan fingerprint density at radius 3 is 2.64 bits per heavy atom. The van der Waals surface area contributed by atoms with Gasteiger partial charge in [0.25, 0.3) is 0 Å². The molecule has 0 radical (unpaired) electrons. The van der Waals surface area contributed by atoms with Gasteiger partial charge in [0.2, 0.25) is 17.7 Å². The van der Waals surface area contributed by atoms with Crippen LogP contribution in [0.3, 0.4) is 0 Å². The van der Waals surface area contributed by atoms with Crippen molar-refractivity contribution >= 4 is 17.7 Å². The van der Waals surface area contributed by atoms with Crippen molar-refractivity contribution in [1.82, 2.24) is 25.5 Å². The molecule has 2 fully saturated rings. The molecule has 1 aliphatic heterocycles. The number of rotatable bonds is 9. The van der Waals surface area contributed by atoms with E-state index in [2.05, 4.69) is 20.6 Å². The summed E-state index contributed by atoms with van der Waals surface area (Å²) in [5.41, 5.74) is 0.493. The molecular weight excluding hydrogens is 468 g/mol. The molecule has 0 bridgehead atoms. The van der Waals surface area contributed by atoms with Crippen LogP contribution in [0.1, 0.15) is 70.7 Å². The molecule has 3 N–H and O–H groups in total. The van der Waals surface area contributed by atoms with Gasteiger partial charge in [0.05, 0.1) is 24.4 Å². The van der Waals surface area contributed by atoms with Gasteiger partial charge in [-0.2, -0.15) is 0 Å². The zero-order valence-electron chi connectivity index (χ0n) is 20.7. The quantitative estimate of drug-likeness (QED) is 0.488. The maximum atomic E-state index is 14.1. The first-order valence-electron chi connectivity index (χ1n) is 12.6. The molecule has 194 valence electrons. The number of benzene rings is 1. The van der Waals surface area contributed by atoms with E-state index >= 15 is 0 Å². The average Bonchev–Trinajstić information content (AvgIpc) is 3.50. The molecule has 10 heteroatoms. The Bertz CT molecular complexity index is 1120. The molecule has 1 aromatic carbocycles. The van der Waals surface area contributed by atoms with E-state index in [1.54, 1.807) is 11.8 Å². The third-order valence-electron chi connectivity index (χ3n) is 6.91. The highest BCUT2D eigenvalue weighted by Gasteiger charge is 2.32. The molecule has 4 rings (SSSR count). The molecule has 1 saturated carbocycles. The van der Waals surface area contributed by atoms with Crippen LogP contribution in [0.15, 0.2) is 24.4 Å². The number of hydrogen-bond donors (Lipinski definition) is 3. The van der Waals surface area contributed by atoms with E-state index < -0.39 is 29.6 Å². The third-order valence-corrected chi connectivity index (χ3v) is 6.91. The number of carbonyl (C=O) groups excluding carboxylic acids is 3. The number of likely N-dealkylation sites (tertiary alicyclic amines) is 1. The average molecular weight is 502 g/mol. The topological polar surface area (TPSA) is 107 Å². The fourth-order valence-electron chi connectivity index (χ4n) is 4.59. The van der Waals surface area contributed by atoms with Crippen molar-refractivity contribution in [2.45, 2.75) is 76.9 Å². The van der Waals surface area contributed by atoms with Crippen molar-refractivity contribution in [3.8, 4) is 11.3 Å². The van der Waals surface area contributed by atoms with Crippen LogP contribution < -0.4 is 10.6 Å². The van der Waals surface area contributed by atoms with E-state index in [-0.39, 0.29) is 29.8 Å². The summed E-state index contributed by atoms with van der Waals surface area (Å²) < 4.78 is 27.4. The van der Waals surface area contributed by atoms with Gasteiger partial charge in [0.15, 0.2) is 0 Å². The molecule has 2 aromatic rings. The van der Waals surface area contributed by atoms with Crippen molar-refractivity contribution in [3.05, 3.63) is 41.9 Å². The second-order valence-corrected chi connectivity index (χ2v) is 9.94. The number of aromatic amines is 1. The summed E-state index contributed by atoms with van der Waals surface area (Å²) in [5, 5.41) is 5.57. The highest BCUT2D eigenvalue weighted by molar-refractivity contribution is 5.92. The van der Waals surface area contributed by atoms with Crippen LogP contribution in [-0.4, -0.2) is 51.2 Å². The summed E-state index contributed by atoms with van der Waals surface area (Å²) >= 11 is 0. The molecule has 0 spiro atoms. The number of nitrogens with one attached hydrogen (secondary N) is 3. The monoisotopic (exact) mass is 501 g/mol. The highest BCUT2D eigenvalue weighted by Crippen LogP contribution is 2.32. The first-order valence-corrected chi connectivity index (χ1v) is 12.6. The van der Waals surface area contributed by atoms with Gasteiger partial charge in [-0.05, 0) is 64.0 Å². The summed E-state index contributed by atoms with van der Waals surface area (Å²) in [6.45, 7) is 4.34. The molecule has 2 aliphatic rings. The second-order valence-electron chi connectivity index (χ2n) is 9.94. The third kappa shape index (κ3) is 6.47. The lowest BCUT2D eigenvalue weighted by molar-refractivity contribution is -0.138. The number of halogens is 2. The molecule has 1 aliphatic carbocycles. The summed E-state index contributed by atoms with van der Waals surface area (Å²) in [5.74, 6) is -1.59. The van der Waals surface area contributed by atoms with E-state index in [1.165, 1.54) is 12.3 Å². The van der Waals surface area contributed by atoms with Gasteiger partial charge in [-0.1, -0.05) is 0 Å². The van der Waals surface area contributed by atoms with Crippen molar-refractivity contribution < 1.29 is 23.2 Å². The summed E-state index contributed by atoms with van der Waals surface area (Å²) in [4.78, 5) is 47.7. The maximum absolute atomic E-state index is 14.1. The van der Waals surface area contributed by atoms with E-state index in [9.17, 15) is 23.2 Å². The van der Waals surface area contributed by atoms with Crippen LogP contribution in [0.4, 0.5) is 8.78 Å². The fourth-order valence-corrected chi connectivity index (χ4v) is 4.59. The van der Waals surface area contributed by atoms with Crippen LogP contribution in [0, 0.1) is 17.6 Å². The van der Waals surface area contributed by atoms with Crippen molar-refractivity contribution in [3.63, 3.8) is 0 Å². The highest BCUT2D eigenvalue weighted by atomic mass is 19.1. The Kier molecular flexibility index (Phi) is 8.01. The lowest BCUT2D eigenvalue weighted by atomic mass is 10.0. The number of nitrogens with zero attached hydrogens (tertiary/aromatic N) is 2. The Morgan fingerprint density at radius 2 is 1.94 bits per heavy atom. The van der Waals surface area contributed by atoms with Crippen LogP contribution in [0.5, 0.6) is 0 Å². The minimum Gasteiger partial charge on any atom is -0.345 e. The number of carbonyl (C=O) groups is 3.